The first kappa shape index (κ1) is 15.4. The van der Waals surface area contributed by atoms with Crippen molar-refractivity contribution < 1.29 is 9.47 Å². The molecule has 2 heterocycles. The molecule has 0 unspecified atom stereocenters. The summed E-state index contributed by atoms with van der Waals surface area (Å²) in [6.07, 6.45) is 2.59. The molecule has 0 bridgehead atoms. The van der Waals surface area contributed by atoms with Crippen molar-refractivity contribution in [1.82, 2.24) is 15.3 Å². The minimum atomic E-state index is -0.380. The standard InChI is InChI=1S/C15H25N3O2/c1-11-13(5-8-16-3)12(2)18-14(17-11)15(19-4)6-9-20-10-7-15/h16H,5-10H2,1-4H3. The smallest absolute Gasteiger partial charge is 0.160 e. The first-order valence-electron chi connectivity index (χ1n) is 7.25. The third kappa shape index (κ3) is 3.00. The van der Waals surface area contributed by atoms with Crippen LogP contribution in [0.3, 0.4) is 0 Å². The van der Waals surface area contributed by atoms with E-state index in [2.05, 4.69) is 19.2 Å². The van der Waals surface area contributed by atoms with E-state index in [0.29, 0.717) is 13.2 Å². The fourth-order valence-electron chi connectivity index (χ4n) is 2.78. The number of rotatable bonds is 5. The topological polar surface area (TPSA) is 56.3 Å². The average molecular weight is 279 g/mol. The van der Waals surface area contributed by atoms with Gasteiger partial charge in [0.1, 0.15) is 5.60 Å². The number of hydrogen-bond acceptors (Lipinski definition) is 5. The second-order valence-electron chi connectivity index (χ2n) is 5.36. The first-order valence-corrected chi connectivity index (χ1v) is 7.25. The molecule has 5 nitrogen and oxygen atoms in total. The highest BCUT2D eigenvalue weighted by molar-refractivity contribution is 5.26. The molecule has 1 saturated heterocycles. The number of ether oxygens (including phenoxy) is 2. The maximum Gasteiger partial charge on any atom is 0.160 e. The molecule has 0 spiro atoms. The number of aryl methyl sites for hydroxylation is 2. The highest BCUT2D eigenvalue weighted by atomic mass is 16.5. The van der Waals surface area contributed by atoms with Gasteiger partial charge in [-0.1, -0.05) is 0 Å². The molecule has 0 radical (unpaired) electrons. The van der Waals surface area contributed by atoms with Crippen LogP contribution < -0.4 is 5.32 Å². The molecule has 1 N–H and O–H groups in total. The second-order valence-corrected chi connectivity index (χ2v) is 5.36. The molecular weight excluding hydrogens is 254 g/mol. The van der Waals surface area contributed by atoms with Crippen LogP contribution in [0.4, 0.5) is 0 Å². The van der Waals surface area contributed by atoms with Crippen LogP contribution in [-0.2, 0) is 21.5 Å². The van der Waals surface area contributed by atoms with Gasteiger partial charge >= 0.3 is 0 Å². The predicted octanol–water partition coefficient (Wildman–Crippen LogP) is 1.51. The number of likely N-dealkylation sites (N-methyl/N-ethyl adjacent to an activating group) is 1. The number of hydrogen-bond donors (Lipinski definition) is 1. The zero-order valence-corrected chi connectivity index (χ0v) is 13.0. The van der Waals surface area contributed by atoms with Crippen LogP contribution in [0.15, 0.2) is 0 Å². The Morgan fingerprint density at radius 3 is 2.30 bits per heavy atom. The van der Waals surface area contributed by atoms with E-state index in [9.17, 15) is 0 Å². The molecule has 0 atom stereocenters. The third-order valence-corrected chi connectivity index (χ3v) is 4.14. The summed E-state index contributed by atoms with van der Waals surface area (Å²) in [6, 6.07) is 0. The Bertz CT molecular complexity index is 433. The molecule has 1 fully saturated rings. The van der Waals surface area contributed by atoms with E-state index >= 15 is 0 Å². The lowest BCUT2D eigenvalue weighted by molar-refractivity contribution is -0.100. The number of nitrogens with one attached hydrogen (secondary N) is 1. The molecule has 1 aromatic heterocycles. The summed E-state index contributed by atoms with van der Waals surface area (Å²) in [7, 11) is 3.70. The van der Waals surface area contributed by atoms with E-state index in [4.69, 9.17) is 19.4 Å². The zero-order valence-electron chi connectivity index (χ0n) is 13.0. The second kappa shape index (κ2) is 6.61. The SMILES string of the molecule is CNCCc1c(C)nc(C2(OC)CCOCC2)nc1C. The van der Waals surface area contributed by atoms with Crippen molar-refractivity contribution in [3.8, 4) is 0 Å². The Labute approximate surface area is 121 Å². The molecule has 20 heavy (non-hydrogen) atoms. The van der Waals surface area contributed by atoms with Gasteiger partial charge in [0, 0.05) is 44.6 Å². The lowest BCUT2D eigenvalue weighted by Crippen LogP contribution is -2.38. The highest BCUT2D eigenvalue weighted by Gasteiger charge is 2.37. The van der Waals surface area contributed by atoms with Gasteiger partial charge in [-0.25, -0.2) is 9.97 Å². The third-order valence-electron chi connectivity index (χ3n) is 4.14. The molecule has 2 rings (SSSR count). The number of aromatic nitrogens is 2. The Morgan fingerprint density at radius 1 is 1.20 bits per heavy atom. The summed E-state index contributed by atoms with van der Waals surface area (Å²) < 4.78 is 11.2. The van der Waals surface area contributed by atoms with Gasteiger partial charge in [-0.3, -0.25) is 0 Å². The molecule has 5 heteroatoms. The van der Waals surface area contributed by atoms with E-state index in [0.717, 1.165) is 43.0 Å². The van der Waals surface area contributed by atoms with Gasteiger partial charge in [0.15, 0.2) is 5.82 Å². The van der Waals surface area contributed by atoms with Crippen molar-refractivity contribution in [3.05, 3.63) is 22.8 Å². The summed E-state index contributed by atoms with van der Waals surface area (Å²) in [4.78, 5) is 9.47. The Hall–Kier alpha value is -1.04. The fourth-order valence-corrected chi connectivity index (χ4v) is 2.78. The maximum absolute atomic E-state index is 5.78. The van der Waals surface area contributed by atoms with Gasteiger partial charge in [0.05, 0.1) is 0 Å². The molecule has 112 valence electrons. The van der Waals surface area contributed by atoms with Crippen molar-refractivity contribution in [2.75, 3.05) is 33.9 Å². The summed E-state index contributed by atoms with van der Waals surface area (Å²) in [5, 5.41) is 3.17. The van der Waals surface area contributed by atoms with Crippen LogP contribution in [0.1, 0.15) is 35.6 Å². The van der Waals surface area contributed by atoms with Crippen molar-refractivity contribution in [2.45, 2.75) is 38.7 Å². The monoisotopic (exact) mass is 279 g/mol. The lowest BCUT2D eigenvalue weighted by Gasteiger charge is -2.34. The molecule has 0 aromatic carbocycles. The normalized spacial score (nSPS) is 18.2. The van der Waals surface area contributed by atoms with Crippen LogP contribution in [0, 0.1) is 13.8 Å². The molecule has 1 aliphatic heterocycles. The maximum atomic E-state index is 5.78. The number of nitrogens with zero attached hydrogens (tertiary/aromatic N) is 2. The van der Waals surface area contributed by atoms with E-state index in [-0.39, 0.29) is 5.60 Å². The van der Waals surface area contributed by atoms with E-state index in [1.807, 2.05) is 7.05 Å². The minimum absolute atomic E-state index is 0.380. The van der Waals surface area contributed by atoms with Crippen molar-refractivity contribution in [1.29, 1.82) is 0 Å². The van der Waals surface area contributed by atoms with Gasteiger partial charge in [-0.15, -0.1) is 0 Å². The van der Waals surface area contributed by atoms with Crippen LogP contribution in [-0.4, -0.2) is 43.9 Å². The predicted molar refractivity (Wildman–Crippen MR) is 77.9 cm³/mol. The summed E-state index contributed by atoms with van der Waals surface area (Å²) >= 11 is 0. The quantitative estimate of drug-likeness (QED) is 0.885. The Balaban J connectivity index is 2.32. The summed E-state index contributed by atoms with van der Waals surface area (Å²) in [6.45, 7) is 6.47. The van der Waals surface area contributed by atoms with E-state index in [1.54, 1.807) is 7.11 Å². The van der Waals surface area contributed by atoms with Crippen molar-refractivity contribution in [2.24, 2.45) is 0 Å². The average Bonchev–Trinajstić information content (AvgIpc) is 2.47. The fraction of sp³-hybridized carbons (Fsp3) is 0.733. The van der Waals surface area contributed by atoms with E-state index in [1.165, 1.54) is 5.56 Å². The summed E-state index contributed by atoms with van der Waals surface area (Å²) in [5.41, 5.74) is 2.98. The molecule has 1 aliphatic rings. The molecule has 1 aromatic rings. The van der Waals surface area contributed by atoms with Crippen LogP contribution >= 0.6 is 0 Å². The molecule has 0 amide bonds. The van der Waals surface area contributed by atoms with E-state index < -0.39 is 0 Å². The highest BCUT2D eigenvalue weighted by Crippen LogP contribution is 2.33. The molecule has 0 aliphatic carbocycles. The van der Waals surface area contributed by atoms with Gasteiger partial charge in [-0.2, -0.15) is 0 Å². The Morgan fingerprint density at radius 2 is 1.80 bits per heavy atom. The largest absolute Gasteiger partial charge is 0.381 e. The van der Waals surface area contributed by atoms with Crippen molar-refractivity contribution in [3.63, 3.8) is 0 Å². The summed E-state index contributed by atoms with van der Waals surface area (Å²) in [5.74, 6) is 0.812. The molecular formula is C15H25N3O2. The Kier molecular flexibility index (Phi) is 5.07. The van der Waals surface area contributed by atoms with Crippen LogP contribution in [0.2, 0.25) is 0 Å². The minimum Gasteiger partial charge on any atom is -0.381 e. The van der Waals surface area contributed by atoms with Crippen LogP contribution in [0.5, 0.6) is 0 Å². The first-order chi connectivity index (χ1) is 9.63. The van der Waals surface area contributed by atoms with Gasteiger partial charge < -0.3 is 14.8 Å². The zero-order chi connectivity index (χ0) is 14.6. The van der Waals surface area contributed by atoms with Crippen molar-refractivity contribution >= 4 is 0 Å². The van der Waals surface area contributed by atoms with Crippen LogP contribution in [0.25, 0.3) is 0 Å². The van der Waals surface area contributed by atoms with Gasteiger partial charge in [0.2, 0.25) is 0 Å². The van der Waals surface area contributed by atoms with Gasteiger partial charge in [0.25, 0.3) is 0 Å². The lowest BCUT2D eigenvalue weighted by atomic mass is 9.92. The number of methoxy groups -OCH3 is 1. The molecule has 0 saturated carbocycles. The van der Waals surface area contributed by atoms with Gasteiger partial charge in [-0.05, 0) is 39.4 Å².